The van der Waals surface area contributed by atoms with Gasteiger partial charge in [-0.25, -0.2) is 0 Å². The Bertz CT molecular complexity index is 612. The van der Waals surface area contributed by atoms with Crippen LogP contribution in [0.3, 0.4) is 0 Å². The van der Waals surface area contributed by atoms with Crippen LogP contribution in [-0.4, -0.2) is 13.7 Å². The van der Waals surface area contributed by atoms with Crippen LogP contribution in [0.1, 0.15) is 35.4 Å². The van der Waals surface area contributed by atoms with E-state index in [2.05, 4.69) is 17.6 Å². The van der Waals surface area contributed by atoms with Crippen molar-refractivity contribution in [3.05, 3.63) is 49.6 Å². The van der Waals surface area contributed by atoms with Crippen molar-refractivity contribution in [1.29, 1.82) is 0 Å². The predicted molar refractivity (Wildman–Crippen MR) is 92.2 cm³/mol. The number of hydrogen-bond donors (Lipinski definition) is 1. The Morgan fingerprint density at radius 2 is 2.10 bits per heavy atom. The van der Waals surface area contributed by atoms with Crippen LogP contribution < -0.4 is 10.1 Å². The number of aryl methyl sites for hydroxylation is 1. The van der Waals surface area contributed by atoms with Crippen molar-refractivity contribution in [3.8, 4) is 5.75 Å². The molecular weight excluding hydrogens is 325 g/mol. The molecule has 1 atom stereocenters. The van der Waals surface area contributed by atoms with Crippen LogP contribution in [0.4, 0.5) is 0 Å². The van der Waals surface area contributed by atoms with Crippen molar-refractivity contribution in [2.24, 2.45) is 0 Å². The fourth-order valence-corrected chi connectivity index (χ4v) is 3.83. The van der Waals surface area contributed by atoms with Gasteiger partial charge in [0.05, 0.1) is 23.2 Å². The molecule has 0 aliphatic heterocycles. The average molecular weight is 344 g/mol. The summed E-state index contributed by atoms with van der Waals surface area (Å²) < 4.78 is 5.22. The van der Waals surface area contributed by atoms with Gasteiger partial charge >= 0.3 is 0 Å². The molecule has 2 aromatic rings. The molecule has 1 heterocycles. The van der Waals surface area contributed by atoms with Gasteiger partial charge in [-0.15, -0.1) is 11.3 Å². The molecule has 0 saturated heterocycles. The van der Waals surface area contributed by atoms with E-state index in [0.29, 0.717) is 10.8 Å². The largest absolute Gasteiger partial charge is 0.495 e. The molecule has 0 bridgehead atoms. The highest BCUT2D eigenvalue weighted by Gasteiger charge is 2.20. The summed E-state index contributed by atoms with van der Waals surface area (Å²) in [4.78, 5) is 1.13. The molecule has 0 saturated carbocycles. The van der Waals surface area contributed by atoms with Gasteiger partial charge in [-0.3, -0.25) is 0 Å². The molecule has 1 unspecified atom stereocenters. The van der Waals surface area contributed by atoms with Gasteiger partial charge in [-0.1, -0.05) is 36.2 Å². The van der Waals surface area contributed by atoms with Gasteiger partial charge in [0.1, 0.15) is 5.75 Å². The third-order valence-corrected chi connectivity index (χ3v) is 5.37. The average Bonchev–Trinajstić information content (AvgIpc) is 2.80. The van der Waals surface area contributed by atoms with Gasteiger partial charge in [0.25, 0.3) is 0 Å². The molecule has 0 aliphatic rings. The Labute approximate surface area is 140 Å². The third kappa shape index (κ3) is 3.72. The molecule has 1 aromatic carbocycles. The van der Waals surface area contributed by atoms with E-state index in [0.717, 1.165) is 34.0 Å². The maximum absolute atomic E-state index is 6.44. The first-order chi connectivity index (χ1) is 10.1. The number of thiophene rings is 1. The molecule has 0 amide bonds. The summed E-state index contributed by atoms with van der Waals surface area (Å²) in [5.41, 5.74) is 2.21. The van der Waals surface area contributed by atoms with E-state index in [9.17, 15) is 0 Å². The Hall–Kier alpha value is -0.740. The van der Waals surface area contributed by atoms with E-state index in [-0.39, 0.29) is 6.04 Å². The minimum atomic E-state index is 0.0551. The number of ether oxygens (including phenoxy) is 1. The molecule has 21 heavy (non-hydrogen) atoms. The molecule has 0 aliphatic carbocycles. The van der Waals surface area contributed by atoms with Crippen LogP contribution in [0, 0.1) is 6.92 Å². The lowest BCUT2D eigenvalue weighted by atomic mass is 10.0. The highest BCUT2D eigenvalue weighted by Crippen LogP contribution is 2.37. The summed E-state index contributed by atoms with van der Waals surface area (Å²) in [5, 5.41) is 7.08. The Balaban J connectivity index is 2.40. The summed E-state index contributed by atoms with van der Waals surface area (Å²) in [6.07, 6.45) is 1.06. The lowest BCUT2D eigenvalue weighted by molar-refractivity contribution is 0.414. The summed E-state index contributed by atoms with van der Waals surface area (Å²) in [5.74, 6) is 0.683. The van der Waals surface area contributed by atoms with Crippen LogP contribution in [0.2, 0.25) is 10.0 Å². The highest BCUT2D eigenvalue weighted by atomic mass is 35.5. The van der Waals surface area contributed by atoms with Gasteiger partial charge in [0, 0.05) is 4.88 Å². The van der Waals surface area contributed by atoms with E-state index in [1.54, 1.807) is 18.4 Å². The van der Waals surface area contributed by atoms with Crippen LogP contribution in [0.25, 0.3) is 0 Å². The summed E-state index contributed by atoms with van der Waals surface area (Å²) in [6.45, 7) is 5.09. The second-order valence-corrected chi connectivity index (χ2v) is 6.57. The van der Waals surface area contributed by atoms with Crippen LogP contribution in [0.5, 0.6) is 5.75 Å². The lowest BCUT2D eigenvalue weighted by Crippen LogP contribution is -2.22. The zero-order valence-electron chi connectivity index (χ0n) is 12.4. The summed E-state index contributed by atoms with van der Waals surface area (Å²) in [7, 11) is 1.62. The number of hydrogen-bond acceptors (Lipinski definition) is 3. The molecular formula is C16H19Cl2NOS. The van der Waals surface area contributed by atoms with E-state index in [1.807, 2.05) is 25.1 Å². The number of halogens is 2. The van der Waals surface area contributed by atoms with E-state index >= 15 is 0 Å². The fraction of sp³-hybridized carbons (Fsp3) is 0.375. The molecule has 1 N–H and O–H groups in total. The van der Waals surface area contributed by atoms with Gasteiger partial charge in [-0.05, 0) is 48.5 Å². The second kappa shape index (κ2) is 7.50. The van der Waals surface area contributed by atoms with Crippen LogP contribution in [0.15, 0.2) is 23.6 Å². The Morgan fingerprint density at radius 3 is 2.62 bits per heavy atom. The van der Waals surface area contributed by atoms with E-state index in [1.165, 1.54) is 0 Å². The smallest absolute Gasteiger partial charge is 0.137 e. The third-order valence-electron chi connectivity index (χ3n) is 3.30. The quantitative estimate of drug-likeness (QED) is 0.751. The number of nitrogens with one attached hydrogen (secondary N) is 1. The zero-order valence-corrected chi connectivity index (χ0v) is 14.7. The van der Waals surface area contributed by atoms with E-state index < -0.39 is 0 Å². The first kappa shape index (κ1) is 16.6. The number of rotatable bonds is 6. The molecule has 0 fully saturated rings. The minimum absolute atomic E-state index is 0.0551. The van der Waals surface area contributed by atoms with Crippen molar-refractivity contribution in [3.63, 3.8) is 0 Å². The summed E-state index contributed by atoms with van der Waals surface area (Å²) in [6, 6.07) is 5.93. The van der Waals surface area contributed by atoms with Crippen LogP contribution >= 0.6 is 34.5 Å². The first-order valence-electron chi connectivity index (χ1n) is 6.88. The molecule has 0 radical (unpaired) electrons. The standard InChI is InChI=1S/C16H19Cl2NOS/c1-4-7-19-15(16-14(18)10(2)9-21-16)11-5-6-13(20-3)12(17)8-11/h5-6,8-9,15,19H,4,7H2,1-3H3. The van der Waals surface area contributed by atoms with Gasteiger partial charge in [-0.2, -0.15) is 0 Å². The topological polar surface area (TPSA) is 21.3 Å². The minimum Gasteiger partial charge on any atom is -0.495 e. The van der Waals surface area contributed by atoms with Gasteiger partial charge < -0.3 is 10.1 Å². The fourth-order valence-electron chi connectivity index (χ4n) is 2.16. The molecule has 2 rings (SSSR count). The summed E-state index contributed by atoms with van der Waals surface area (Å²) >= 11 is 14.4. The molecule has 2 nitrogen and oxygen atoms in total. The zero-order chi connectivity index (χ0) is 15.4. The molecule has 114 valence electrons. The van der Waals surface area contributed by atoms with Crippen molar-refractivity contribution >= 4 is 34.5 Å². The van der Waals surface area contributed by atoms with Gasteiger partial charge in [0.2, 0.25) is 0 Å². The Morgan fingerprint density at radius 1 is 1.33 bits per heavy atom. The highest BCUT2D eigenvalue weighted by molar-refractivity contribution is 7.10. The normalized spacial score (nSPS) is 12.4. The molecule has 0 spiro atoms. The van der Waals surface area contributed by atoms with E-state index in [4.69, 9.17) is 27.9 Å². The van der Waals surface area contributed by atoms with Crippen LogP contribution in [-0.2, 0) is 0 Å². The molecule has 1 aromatic heterocycles. The second-order valence-electron chi connectivity index (χ2n) is 4.88. The maximum Gasteiger partial charge on any atom is 0.137 e. The number of methoxy groups -OCH3 is 1. The predicted octanol–water partition coefficient (Wildman–Crippen LogP) is 5.46. The Kier molecular flexibility index (Phi) is 5.94. The van der Waals surface area contributed by atoms with Crippen molar-refractivity contribution < 1.29 is 4.74 Å². The number of benzene rings is 1. The van der Waals surface area contributed by atoms with Crippen molar-refractivity contribution in [2.75, 3.05) is 13.7 Å². The van der Waals surface area contributed by atoms with Gasteiger partial charge in [0.15, 0.2) is 0 Å². The van der Waals surface area contributed by atoms with Crippen molar-refractivity contribution in [1.82, 2.24) is 5.32 Å². The SMILES string of the molecule is CCCNC(c1ccc(OC)c(Cl)c1)c1scc(C)c1Cl. The monoisotopic (exact) mass is 343 g/mol. The first-order valence-corrected chi connectivity index (χ1v) is 8.52. The lowest BCUT2D eigenvalue weighted by Gasteiger charge is -2.19. The van der Waals surface area contributed by atoms with Crippen molar-refractivity contribution in [2.45, 2.75) is 26.3 Å². The maximum atomic E-state index is 6.44. The molecule has 5 heteroatoms.